The maximum absolute atomic E-state index is 3.52. The summed E-state index contributed by atoms with van der Waals surface area (Å²) in [5.74, 6) is 1.92. The zero-order chi connectivity index (χ0) is 10.4. The van der Waals surface area contributed by atoms with Crippen LogP contribution in [-0.4, -0.2) is 13.1 Å². The maximum Gasteiger partial charge on any atom is 0.0137 e. The Morgan fingerprint density at radius 1 is 1.21 bits per heavy atom. The van der Waals surface area contributed by atoms with Gasteiger partial charge in [-0.3, -0.25) is 0 Å². The summed E-state index contributed by atoms with van der Waals surface area (Å²) in [4.78, 5) is 0. The van der Waals surface area contributed by atoms with Crippen molar-refractivity contribution in [2.75, 3.05) is 13.1 Å². The fraction of sp³-hybridized carbons (Fsp3) is 0.846. The molecule has 0 amide bonds. The van der Waals surface area contributed by atoms with Crippen LogP contribution >= 0.6 is 0 Å². The summed E-state index contributed by atoms with van der Waals surface area (Å²) < 4.78 is 0. The van der Waals surface area contributed by atoms with E-state index in [1.54, 1.807) is 0 Å². The van der Waals surface area contributed by atoms with Crippen LogP contribution in [0.5, 0.6) is 0 Å². The molecule has 0 bridgehead atoms. The van der Waals surface area contributed by atoms with Gasteiger partial charge in [-0.1, -0.05) is 31.4 Å². The molecule has 0 spiro atoms. The summed E-state index contributed by atoms with van der Waals surface area (Å²) in [6.45, 7) is 8.96. The first-order valence-corrected chi connectivity index (χ1v) is 6.02. The smallest absolute Gasteiger partial charge is 0.0137 e. The first-order chi connectivity index (χ1) is 6.68. The first kappa shape index (κ1) is 11.8. The van der Waals surface area contributed by atoms with Crippen LogP contribution in [0.3, 0.4) is 0 Å². The van der Waals surface area contributed by atoms with Crippen LogP contribution in [0.4, 0.5) is 0 Å². The molecule has 1 aliphatic carbocycles. The fourth-order valence-electron chi connectivity index (χ4n) is 2.10. The average Bonchev–Trinajstić information content (AvgIpc) is 2.15. The lowest BCUT2D eigenvalue weighted by atomic mass is 9.83. The van der Waals surface area contributed by atoms with Crippen LogP contribution in [0.1, 0.15) is 46.5 Å². The van der Waals surface area contributed by atoms with Gasteiger partial charge in [0.1, 0.15) is 0 Å². The van der Waals surface area contributed by atoms with Gasteiger partial charge in [0.2, 0.25) is 0 Å². The molecule has 1 N–H and O–H groups in total. The topological polar surface area (TPSA) is 12.0 Å². The van der Waals surface area contributed by atoms with Crippen molar-refractivity contribution in [3.05, 3.63) is 11.6 Å². The molecule has 0 unspecified atom stereocenters. The monoisotopic (exact) mass is 195 g/mol. The largest absolute Gasteiger partial charge is 0.313 e. The van der Waals surface area contributed by atoms with Gasteiger partial charge in [0.05, 0.1) is 0 Å². The number of rotatable bonds is 4. The van der Waals surface area contributed by atoms with Crippen LogP contribution < -0.4 is 5.32 Å². The second kappa shape index (κ2) is 6.23. The highest BCUT2D eigenvalue weighted by molar-refractivity contribution is 4.94. The van der Waals surface area contributed by atoms with Crippen LogP contribution in [0.2, 0.25) is 0 Å². The summed E-state index contributed by atoms with van der Waals surface area (Å²) in [7, 11) is 0. The Hall–Kier alpha value is -0.300. The molecule has 1 aliphatic rings. The Bertz CT molecular complexity index is 172. The Kier molecular flexibility index (Phi) is 5.24. The minimum absolute atomic E-state index is 0.941. The van der Waals surface area contributed by atoms with E-state index in [1.807, 2.05) is 0 Å². The van der Waals surface area contributed by atoms with Crippen molar-refractivity contribution in [3.8, 4) is 0 Å². The zero-order valence-corrected chi connectivity index (χ0v) is 9.97. The van der Waals surface area contributed by atoms with Crippen molar-refractivity contribution in [2.24, 2.45) is 11.8 Å². The molecule has 82 valence electrons. The third kappa shape index (κ3) is 4.80. The molecule has 1 nitrogen and oxygen atoms in total. The Morgan fingerprint density at radius 2 is 1.86 bits per heavy atom. The molecule has 1 saturated carbocycles. The molecule has 1 fully saturated rings. The summed E-state index contributed by atoms with van der Waals surface area (Å²) >= 11 is 0. The summed E-state index contributed by atoms with van der Waals surface area (Å²) in [5.41, 5.74) is 1.41. The average molecular weight is 195 g/mol. The first-order valence-electron chi connectivity index (χ1n) is 6.02. The quantitative estimate of drug-likeness (QED) is 0.536. The fourth-order valence-corrected chi connectivity index (χ4v) is 2.10. The Morgan fingerprint density at radius 3 is 2.43 bits per heavy atom. The third-order valence-corrected chi connectivity index (χ3v) is 3.22. The van der Waals surface area contributed by atoms with Crippen molar-refractivity contribution >= 4 is 0 Å². The van der Waals surface area contributed by atoms with Crippen molar-refractivity contribution in [3.63, 3.8) is 0 Å². The maximum atomic E-state index is 3.52. The Balaban J connectivity index is 2.05. The van der Waals surface area contributed by atoms with E-state index in [0.717, 1.165) is 18.4 Å². The molecule has 0 aliphatic heterocycles. The molecule has 0 aromatic carbocycles. The van der Waals surface area contributed by atoms with E-state index >= 15 is 0 Å². The molecule has 14 heavy (non-hydrogen) atoms. The van der Waals surface area contributed by atoms with Crippen LogP contribution in [0.25, 0.3) is 0 Å². The van der Waals surface area contributed by atoms with Crippen molar-refractivity contribution in [1.29, 1.82) is 0 Å². The lowest BCUT2D eigenvalue weighted by Gasteiger charge is -2.26. The van der Waals surface area contributed by atoms with Crippen LogP contribution in [-0.2, 0) is 0 Å². The predicted octanol–water partition coefficient (Wildman–Crippen LogP) is 3.37. The van der Waals surface area contributed by atoms with Gasteiger partial charge < -0.3 is 5.32 Å². The van der Waals surface area contributed by atoms with Gasteiger partial charge in [0, 0.05) is 6.54 Å². The standard InChI is InChI=1S/C13H25N/c1-11(2)8-9-14-10-13-6-4-12(3)5-7-13/h8,12-14H,4-7,9-10H2,1-3H3. The Labute approximate surface area is 89.0 Å². The number of hydrogen-bond acceptors (Lipinski definition) is 1. The molecule has 1 rings (SSSR count). The predicted molar refractivity (Wildman–Crippen MR) is 63.4 cm³/mol. The van der Waals surface area contributed by atoms with E-state index in [4.69, 9.17) is 0 Å². The molecule has 0 radical (unpaired) electrons. The third-order valence-electron chi connectivity index (χ3n) is 3.22. The summed E-state index contributed by atoms with van der Waals surface area (Å²) in [6, 6.07) is 0. The molecule has 0 aromatic rings. The summed E-state index contributed by atoms with van der Waals surface area (Å²) in [5, 5.41) is 3.52. The van der Waals surface area contributed by atoms with Gasteiger partial charge >= 0.3 is 0 Å². The second-order valence-electron chi connectivity index (χ2n) is 5.07. The lowest BCUT2D eigenvalue weighted by molar-refractivity contribution is 0.284. The highest BCUT2D eigenvalue weighted by atomic mass is 14.8. The molecule has 0 heterocycles. The van der Waals surface area contributed by atoms with Crippen molar-refractivity contribution in [1.82, 2.24) is 5.32 Å². The van der Waals surface area contributed by atoms with E-state index in [1.165, 1.54) is 37.8 Å². The van der Waals surface area contributed by atoms with E-state index in [-0.39, 0.29) is 0 Å². The molecular weight excluding hydrogens is 170 g/mol. The number of nitrogens with one attached hydrogen (secondary N) is 1. The highest BCUT2D eigenvalue weighted by Crippen LogP contribution is 2.27. The SMILES string of the molecule is CC(C)=CCNCC1CCC(C)CC1. The van der Waals surface area contributed by atoms with Gasteiger partial charge in [-0.05, 0) is 45.1 Å². The van der Waals surface area contributed by atoms with E-state index in [0.29, 0.717) is 0 Å². The van der Waals surface area contributed by atoms with E-state index in [2.05, 4.69) is 32.2 Å². The molecule has 1 heteroatoms. The minimum atomic E-state index is 0.941. The number of hydrogen-bond donors (Lipinski definition) is 1. The van der Waals surface area contributed by atoms with Gasteiger partial charge in [0.25, 0.3) is 0 Å². The van der Waals surface area contributed by atoms with Crippen LogP contribution in [0, 0.1) is 11.8 Å². The lowest BCUT2D eigenvalue weighted by Crippen LogP contribution is -2.26. The minimum Gasteiger partial charge on any atom is -0.313 e. The van der Waals surface area contributed by atoms with Gasteiger partial charge in [-0.2, -0.15) is 0 Å². The van der Waals surface area contributed by atoms with E-state index in [9.17, 15) is 0 Å². The molecule has 0 aromatic heterocycles. The van der Waals surface area contributed by atoms with Crippen molar-refractivity contribution < 1.29 is 0 Å². The molecule has 0 atom stereocenters. The highest BCUT2D eigenvalue weighted by Gasteiger charge is 2.17. The molecular formula is C13H25N. The molecule has 0 saturated heterocycles. The van der Waals surface area contributed by atoms with Gasteiger partial charge in [0.15, 0.2) is 0 Å². The van der Waals surface area contributed by atoms with E-state index < -0.39 is 0 Å². The second-order valence-corrected chi connectivity index (χ2v) is 5.07. The van der Waals surface area contributed by atoms with Crippen LogP contribution in [0.15, 0.2) is 11.6 Å². The zero-order valence-electron chi connectivity index (χ0n) is 9.97. The summed E-state index contributed by atoms with van der Waals surface area (Å²) in [6.07, 6.45) is 8.02. The number of allylic oxidation sites excluding steroid dienone is 1. The van der Waals surface area contributed by atoms with Crippen molar-refractivity contribution in [2.45, 2.75) is 46.5 Å². The van der Waals surface area contributed by atoms with Gasteiger partial charge in [-0.15, -0.1) is 0 Å². The normalized spacial score (nSPS) is 27.4. The van der Waals surface area contributed by atoms with Gasteiger partial charge in [-0.25, -0.2) is 0 Å².